The number of hydrogen-bond acceptors (Lipinski definition) is 4. The zero-order chi connectivity index (χ0) is 27.9. The van der Waals surface area contributed by atoms with Gasteiger partial charge < -0.3 is 20.3 Å². The monoisotopic (exact) mass is 519 g/mol. The van der Waals surface area contributed by atoms with E-state index in [1.807, 2.05) is 57.2 Å². The molecule has 8 heteroatoms. The molecule has 0 saturated heterocycles. The fraction of sp³-hybridized carbons (Fsp3) is 0.433. The summed E-state index contributed by atoms with van der Waals surface area (Å²) in [6, 6.07) is 15.0. The number of nitrogens with one attached hydrogen (secondary N) is 2. The quantitative estimate of drug-likeness (QED) is 0.322. The van der Waals surface area contributed by atoms with Gasteiger partial charge in [-0.05, 0) is 51.0 Å². The van der Waals surface area contributed by atoms with Crippen molar-refractivity contribution in [3.05, 3.63) is 65.4 Å². The van der Waals surface area contributed by atoms with Crippen LogP contribution >= 0.6 is 0 Å². The second-order valence-corrected chi connectivity index (χ2v) is 10.5. The molecule has 38 heavy (non-hydrogen) atoms. The lowest BCUT2D eigenvalue weighted by Crippen LogP contribution is -2.41. The number of anilines is 2. The van der Waals surface area contributed by atoms with Gasteiger partial charge in [0.05, 0.1) is 23.7 Å². The van der Waals surface area contributed by atoms with Crippen LogP contribution in [0.5, 0.6) is 5.75 Å². The Morgan fingerprint density at radius 2 is 1.76 bits per heavy atom. The first-order chi connectivity index (χ1) is 18.0. The minimum Gasteiger partial charge on any atom is -0.492 e. The molecule has 0 unspecified atom stereocenters. The van der Waals surface area contributed by atoms with Crippen molar-refractivity contribution in [3.8, 4) is 11.4 Å². The van der Waals surface area contributed by atoms with Crippen LogP contribution in [0.1, 0.15) is 64.3 Å². The molecular weight excluding hydrogens is 478 g/mol. The zero-order valence-corrected chi connectivity index (χ0v) is 23.7. The van der Waals surface area contributed by atoms with Crippen LogP contribution in [-0.4, -0.2) is 46.3 Å². The zero-order valence-electron chi connectivity index (χ0n) is 23.7. The van der Waals surface area contributed by atoms with Crippen LogP contribution < -0.4 is 15.4 Å². The second-order valence-electron chi connectivity index (χ2n) is 10.5. The van der Waals surface area contributed by atoms with Crippen LogP contribution in [0.15, 0.2) is 48.5 Å². The summed E-state index contributed by atoms with van der Waals surface area (Å²) in [5, 5.41) is 10.8. The highest BCUT2D eigenvalue weighted by atomic mass is 16.5. The van der Waals surface area contributed by atoms with E-state index in [-0.39, 0.29) is 23.9 Å². The summed E-state index contributed by atoms with van der Waals surface area (Å²) in [5.41, 5.74) is 4.34. The molecular formula is C30H41N5O3. The van der Waals surface area contributed by atoms with E-state index in [1.54, 1.807) is 10.7 Å². The SMILES string of the molecule is CCCCN(CC(=O)Nc1cc(C(C)(C)C)nn1-c1ccc(C)cc1C)C(=O)Nc1ccccc1OCC. The van der Waals surface area contributed by atoms with Gasteiger partial charge in [-0.1, -0.05) is 63.9 Å². The minimum atomic E-state index is -0.348. The molecule has 8 nitrogen and oxygen atoms in total. The number of nitrogens with zero attached hydrogens (tertiary/aromatic N) is 3. The van der Waals surface area contributed by atoms with Crippen molar-refractivity contribution in [2.75, 3.05) is 30.3 Å². The van der Waals surface area contributed by atoms with E-state index in [0.29, 0.717) is 30.4 Å². The van der Waals surface area contributed by atoms with Crippen LogP contribution in [0, 0.1) is 13.8 Å². The third kappa shape index (κ3) is 7.37. The average Bonchev–Trinajstić information content (AvgIpc) is 3.27. The van der Waals surface area contributed by atoms with Gasteiger partial charge in [0.2, 0.25) is 5.91 Å². The Bertz CT molecular complexity index is 1260. The van der Waals surface area contributed by atoms with Crippen LogP contribution in [0.25, 0.3) is 5.69 Å². The molecule has 2 aromatic carbocycles. The molecule has 1 heterocycles. The standard InChI is InChI=1S/C30H41N5O3/c1-8-10-17-34(29(37)31-23-13-11-12-14-25(23)38-9-2)20-28(36)32-27-19-26(30(5,6)7)33-35(27)24-16-15-21(3)18-22(24)4/h11-16,18-19H,8-10,17,20H2,1-7H3,(H,31,37)(H,32,36). The lowest BCUT2D eigenvalue weighted by atomic mass is 9.92. The summed E-state index contributed by atoms with van der Waals surface area (Å²) in [4.78, 5) is 28.1. The number of carbonyl (C=O) groups is 2. The van der Waals surface area contributed by atoms with E-state index >= 15 is 0 Å². The van der Waals surface area contributed by atoms with Crippen molar-refractivity contribution in [1.29, 1.82) is 0 Å². The molecule has 0 aliphatic heterocycles. The Kier molecular flexibility index (Phi) is 9.55. The second kappa shape index (κ2) is 12.6. The van der Waals surface area contributed by atoms with Gasteiger partial charge in [0.25, 0.3) is 0 Å². The minimum absolute atomic E-state index is 0.0917. The number of carbonyl (C=O) groups excluding carboxylic acids is 2. The lowest BCUT2D eigenvalue weighted by molar-refractivity contribution is -0.116. The third-order valence-electron chi connectivity index (χ3n) is 6.16. The molecule has 2 N–H and O–H groups in total. The van der Waals surface area contributed by atoms with Crippen LogP contribution in [0.4, 0.5) is 16.3 Å². The van der Waals surface area contributed by atoms with E-state index < -0.39 is 0 Å². The molecule has 0 fully saturated rings. The first kappa shape index (κ1) is 28.8. The first-order valence-electron chi connectivity index (χ1n) is 13.3. The summed E-state index contributed by atoms with van der Waals surface area (Å²) in [6.45, 7) is 15.1. The summed E-state index contributed by atoms with van der Waals surface area (Å²) in [5.74, 6) is 0.875. The van der Waals surface area contributed by atoms with Crippen LogP contribution in [0.2, 0.25) is 0 Å². The molecule has 0 spiro atoms. The van der Waals surface area contributed by atoms with Gasteiger partial charge in [0.15, 0.2) is 0 Å². The topological polar surface area (TPSA) is 88.5 Å². The molecule has 1 aromatic heterocycles. The number of unbranched alkanes of at least 4 members (excludes halogenated alkanes) is 1. The smallest absolute Gasteiger partial charge is 0.322 e. The number of ether oxygens (including phenoxy) is 1. The van der Waals surface area contributed by atoms with Crippen molar-refractivity contribution in [2.24, 2.45) is 0 Å². The summed E-state index contributed by atoms with van der Waals surface area (Å²) in [6.07, 6.45) is 1.68. The Morgan fingerprint density at radius 3 is 2.42 bits per heavy atom. The van der Waals surface area contributed by atoms with Gasteiger partial charge in [-0.2, -0.15) is 5.10 Å². The maximum atomic E-state index is 13.3. The molecule has 0 aliphatic rings. The number of para-hydroxylation sites is 2. The largest absolute Gasteiger partial charge is 0.492 e. The Hall–Kier alpha value is -3.81. The molecule has 204 valence electrons. The van der Waals surface area contributed by atoms with E-state index in [4.69, 9.17) is 9.84 Å². The first-order valence-corrected chi connectivity index (χ1v) is 13.3. The summed E-state index contributed by atoms with van der Waals surface area (Å²) < 4.78 is 7.42. The predicted octanol–water partition coefficient (Wildman–Crippen LogP) is 6.46. The van der Waals surface area contributed by atoms with Gasteiger partial charge in [-0.15, -0.1) is 0 Å². The fourth-order valence-corrected chi connectivity index (χ4v) is 4.07. The number of aryl methyl sites for hydroxylation is 2. The Balaban J connectivity index is 1.84. The lowest BCUT2D eigenvalue weighted by Gasteiger charge is -2.23. The summed E-state index contributed by atoms with van der Waals surface area (Å²) >= 11 is 0. The predicted molar refractivity (Wildman–Crippen MR) is 153 cm³/mol. The normalized spacial score (nSPS) is 11.2. The van der Waals surface area contributed by atoms with Gasteiger partial charge >= 0.3 is 6.03 Å². The average molecular weight is 520 g/mol. The number of benzene rings is 2. The van der Waals surface area contributed by atoms with E-state index in [9.17, 15) is 9.59 Å². The van der Waals surface area contributed by atoms with Crippen LogP contribution in [0.3, 0.4) is 0 Å². The van der Waals surface area contributed by atoms with Crippen molar-refractivity contribution in [2.45, 2.75) is 66.7 Å². The highest BCUT2D eigenvalue weighted by molar-refractivity contribution is 5.97. The molecule has 0 atom stereocenters. The summed E-state index contributed by atoms with van der Waals surface area (Å²) in [7, 11) is 0. The Morgan fingerprint density at radius 1 is 1.03 bits per heavy atom. The maximum absolute atomic E-state index is 13.3. The molecule has 0 saturated carbocycles. The number of urea groups is 1. The van der Waals surface area contributed by atoms with Crippen molar-refractivity contribution >= 4 is 23.4 Å². The molecule has 0 aliphatic carbocycles. The van der Waals surface area contributed by atoms with E-state index in [2.05, 4.69) is 44.4 Å². The Labute approximate surface area is 226 Å². The molecule has 3 rings (SSSR count). The van der Waals surface area contributed by atoms with Gasteiger partial charge in [-0.3, -0.25) is 4.79 Å². The van der Waals surface area contributed by atoms with E-state index in [1.165, 1.54) is 4.90 Å². The number of aromatic nitrogens is 2. The molecule has 0 radical (unpaired) electrons. The van der Waals surface area contributed by atoms with Crippen molar-refractivity contribution in [1.82, 2.24) is 14.7 Å². The van der Waals surface area contributed by atoms with Gasteiger partial charge in [0, 0.05) is 18.0 Å². The highest BCUT2D eigenvalue weighted by Gasteiger charge is 2.24. The number of hydrogen-bond donors (Lipinski definition) is 2. The maximum Gasteiger partial charge on any atom is 0.322 e. The molecule has 3 amide bonds. The van der Waals surface area contributed by atoms with Crippen molar-refractivity contribution in [3.63, 3.8) is 0 Å². The molecule has 0 bridgehead atoms. The fourth-order valence-electron chi connectivity index (χ4n) is 4.07. The van der Waals surface area contributed by atoms with Crippen molar-refractivity contribution < 1.29 is 14.3 Å². The van der Waals surface area contributed by atoms with Gasteiger partial charge in [0.1, 0.15) is 18.1 Å². The third-order valence-corrected chi connectivity index (χ3v) is 6.16. The highest BCUT2D eigenvalue weighted by Crippen LogP contribution is 2.28. The van der Waals surface area contributed by atoms with E-state index in [0.717, 1.165) is 35.3 Å². The van der Waals surface area contributed by atoms with Gasteiger partial charge in [-0.25, -0.2) is 9.48 Å². The van der Waals surface area contributed by atoms with Crippen LogP contribution in [-0.2, 0) is 10.2 Å². The molecule has 3 aromatic rings. The number of rotatable bonds is 10. The number of amides is 3.